The van der Waals surface area contributed by atoms with Crippen molar-refractivity contribution >= 4 is 29.9 Å². The third-order valence-electron chi connectivity index (χ3n) is 4.54. The lowest BCUT2D eigenvalue weighted by Crippen LogP contribution is -2.45. The predicted molar refractivity (Wildman–Crippen MR) is 101 cm³/mol. The molecule has 1 saturated carbocycles. The van der Waals surface area contributed by atoms with Gasteiger partial charge in [0.25, 0.3) is 0 Å². The molecule has 5 heteroatoms. The Bertz CT molecular complexity index is 435. The molecule has 1 aliphatic carbocycles. The normalized spacial score (nSPS) is 20.0. The van der Waals surface area contributed by atoms with Crippen LogP contribution in [0.2, 0.25) is 0 Å². The van der Waals surface area contributed by atoms with Crippen LogP contribution in [0.4, 0.5) is 0 Å². The summed E-state index contributed by atoms with van der Waals surface area (Å²) in [6.45, 7) is 3.11. The van der Waals surface area contributed by atoms with Gasteiger partial charge < -0.3 is 14.6 Å². The van der Waals surface area contributed by atoms with Crippen LogP contribution < -0.4 is 5.32 Å². The molecule has 0 spiro atoms. The Labute approximate surface area is 150 Å². The molecule has 2 fully saturated rings. The summed E-state index contributed by atoms with van der Waals surface area (Å²) in [6.07, 6.45) is 11.9. The lowest BCUT2D eigenvalue weighted by Gasteiger charge is -2.29. The van der Waals surface area contributed by atoms with Crippen LogP contribution in [0.1, 0.15) is 50.7 Å². The van der Waals surface area contributed by atoms with Crippen LogP contribution in [-0.2, 0) is 6.42 Å². The zero-order valence-electron chi connectivity index (χ0n) is 13.3. The van der Waals surface area contributed by atoms with Gasteiger partial charge in [-0.05, 0) is 37.8 Å². The highest BCUT2D eigenvalue weighted by molar-refractivity contribution is 14.0. The van der Waals surface area contributed by atoms with Crippen molar-refractivity contribution in [3.63, 3.8) is 0 Å². The third kappa shape index (κ3) is 5.18. The Balaban J connectivity index is 0.00000176. The van der Waals surface area contributed by atoms with E-state index in [1.54, 1.807) is 6.26 Å². The number of rotatable bonds is 4. The summed E-state index contributed by atoms with van der Waals surface area (Å²) in [5.41, 5.74) is 0. The average molecular weight is 417 g/mol. The van der Waals surface area contributed by atoms with Crippen LogP contribution in [0.25, 0.3) is 0 Å². The van der Waals surface area contributed by atoms with Crippen molar-refractivity contribution in [1.82, 2.24) is 10.2 Å². The number of nitrogens with one attached hydrogen (secondary N) is 1. The van der Waals surface area contributed by atoms with E-state index in [9.17, 15) is 0 Å². The van der Waals surface area contributed by atoms with Gasteiger partial charge in [-0.25, -0.2) is 0 Å². The van der Waals surface area contributed by atoms with Gasteiger partial charge in [0.2, 0.25) is 0 Å². The molecule has 1 aromatic heterocycles. The van der Waals surface area contributed by atoms with Crippen molar-refractivity contribution < 1.29 is 4.42 Å². The van der Waals surface area contributed by atoms with E-state index in [0.717, 1.165) is 37.8 Å². The Morgan fingerprint density at radius 1 is 1.18 bits per heavy atom. The molecule has 1 saturated heterocycles. The number of hydrogen-bond donors (Lipinski definition) is 1. The molecule has 1 aliphatic heterocycles. The van der Waals surface area contributed by atoms with Gasteiger partial charge in [0.05, 0.1) is 6.26 Å². The Kier molecular flexibility index (Phi) is 7.55. The molecule has 0 aromatic carbocycles. The zero-order chi connectivity index (χ0) is 14.3. The second-order valence-corrected chi connectivity index (χ2v) is 6.21. The van der Waals surface area contributed by atoms with Crippen molar-refractivity contribution in [2.75, 3.05) is 19.6 Å². The number of guanidine groups is 1. The molecule has 124 valence electrons. The molecule has 1 N–H and O–H groups in total. The number of aliphatic imine (C=N–C) groups is 1. The summed E-state index contributed by atoms with van der Waals surface area (Å²) < 4.78 is 5.39. The van der Waals surface area contributed by atoms with Crippen LogP contribution in [0.15, 0.2) is 27.8 Å². The monoisotopic (exact) mass is 417 g/mol. The van der Waals surface area contributed by atoms with Gasteiger partial charge in [0.15, 0.2) is 5.96 Å². The summed E-state index contributed by atoms with van der Waals surface area (Å²) in [5.74, 6) is 2.16. The van der Waals surface area contributed by atoms with Gasteiger partial charge in [0.1, 0.15) is 5.76 Å². The summed E-state index contributed by atoms with van der Waals surface area (Å²) in [7, 11) is 0. The molecule has 1 aromatic rings. The number of likely N-dealkylation sites (tertiary alicyclic amines) is 1. The molecule has 22 heavy (non-hydrogen) atoms. The minimum atomic E-state index is 0. The van der Waals surface area contributed by atoms with Crippen LogP contribution in [0.3, 0.4) is 0 Å². The van der Waals surface area contributed by atoms with Crippen LogP contribution in [0, 0.1) is 0 Å². The molecule has 4 nitrogen and oxygen atoms in total. The van der Waals surface area contributed by atoms with Crippen molar-refractivity contribution in [2.45, 2.75) is 57.4 Å². The second-order valence-electron chi connectivity index (χ2n) is 6.21. The Morgan fingerprint density at radius 2 is 1.95 bits per heavy atom. The van der Waals surface area contributed by atoms with Gasteiger partial charge in [-0.3, -0.25) is 4.99 Å². The summed E-state index contributed by atoms with van der Waals surface area (Å²) in [5, 5.41) is 3.72. The summed E-state index contributed by atoms with van der Waals surface area (Å²) in [6, 6.07) is 4.60. The number of furan rings is 1. The first kappa shape index (κ1) is 17.6. The average Bonchev–Trinajstić information content (AvgIpc) is 3.21. The minimum Gasteiger partial charge on any atom is -0.469 e. The Morgan fingerprint density at radius 3 is 2.64 bits per heavy atom. The minimum absolute atomic E-state index is 0. The maximum Gasteiger partial charge on any atom is 0.194 e. The first-order valence-electron chi connectivity index (χ1n) is 8.50. The lowest BCUT2D eigenvalue weighted by atomic mass is 9.96. The van der Waals surface area contributed by atoms with Crippen LogP contribution in [0.5, 0.6) is 0 Å². The molecule has 0 amide bonds. The van der Waals surface area contributed by atoms with Gasteiger partial charge in [-0.1, -0.05) is 19.3 Å². The van der Waals surface area contributed by atoms with Gasteiger partial charge in [-0.2, -0.15) is 0 Å². The van der Waals surface area contributed by atoms with Crippen LogP contribution >= 0.6 is 24.0 Å². The third-order valence-corrected chi connectivity index (χ3v) is 4.54. The fourth-order valence-corrected chi connectivity index (χ4v) is 3.32. The molecule has 0 unspecified atom stereocenters. The van der Waals surface area contributed by atoms with Gasteiger partial charge in [0, 0.05) is 32.1 Å². The molecular weight excluding hydrogens is 389 g/mol. The molecule has 2 heterocycles. The first-order chi connectivity index (χ1) is 10.4. The molecule has 0 radical (unpaired) electrons. The highest BCUT2D eigenvalue weighted by Crippen LogP contribution is 2.18. The summed E-state index contributed by atoms with van der Waals surface area (Å²) in [4.78, 5) is 7.27. The van der Waals surface area contributed by atoms with E-state index in [1.165, 1.54) is 44.9 Å². The molecular formula is C17H28IN3O. The molecule has 3 rings (SSSR count). The smallest absolute Gasteiger partial charge is 0.194 e. The maximum atomic E-state index is 5.39. The quantitative estimate of drug-likeness (QED) is 0.460. The fraction of sp³-hybridized carbons (Fsp3) is 0.706. The Hall–Kier alpha value is -0.720. The highest BCUT2D eigenvalue weighted by Gasteiger charge is 2.20. The predicted octanol–water partition coefficient (Wildman–Crippen LogP) is 3.81. The fourth-order valence-electron chi connectivity index (χ4n) is 3.32. The van der Waals surface area contributed by atoms with E-state index in [4.69, 9.17) is 9.41 Å². The number of hydrogen-bond acceptors (Lipinski definition) is 2. The molecule has 2 aliphatic rings. The van der Waals surface area contributed by atoms with Gasteiger partial charge >= 0.3 is 0 Å². The van der Waals surface area contributed by atoms with E-state index in [-0.39, 0.29) is 24.0 Å². The van der Waals surface area contributed by atoms with E-state index in [0.29, 0.717) is 6.04 Å². The van der Waals surface area contributed by atoms with Crippen molar-refractivity contribution in [1.29, 1.82) is 0 Å². The largest absolute Gasteiger partial charge is 0.469 e. The van der Waals surface area contributed by atoms with Crippen molar-refractivity contribution in [3.8, 4) is 0 Å². The SMILES string of the molecule is I.c1coc(CCN=C(NC2CCCCC2)N2CCCC2)c1. The van der Waals surface area contributed by atoms with Gasteiger partial charge in [-0.15, -0.1) is 24.0 Å². The van der Waals surface area contributed by atoms with E-state index < -0.39 is 0 Å². The maximum absolute atomic E-state index is 5.39. The number of halogens is 1. The lowest BCUT2D eigenvalue weighted by molar-refractivity contribution is 0.389. The number of nitrogens with zero attached hydrogens (tertiary/aromatic N) is 2. The van der Waals surface area contributed by atoms with Crippen molar-refractivity contribution in [3.05, 3.63) is 24.2 Å². The zero-order valence-corrected chi connectivity index (χ0v) is 15.6. The summed E-state index contributed by atoms with van der Waals surface area (Å²) >= 11 is 0. The first-order valence-corrected chi connectivity index (χ1v) is 8.50. The topological polar surface area (TPSA) is 40.8 Å². The van der Waals surface area contributed by atoms with E-state index in [1.807, 2.05) is 12.1 Å². The highest BCUT2D eigenvalue weighted by atomic mass is 127. The van der Waals surface area contributed by atoms with E-state index in [2.05, 4.69) is 10.2 Å². The standard InChI is InChI=1S/C17H27N3O.HI/c1-2-7-15(8-3-1)19-17(20-12-4-5-13-20)18-11-10-16-9-6-14-21-16;/h6,9,14-15H,1-5,7-8,10-13H2,(H,18,19);1H. The van der Waals surface area contributed by atoms with Crippen molar-refractivity contribution in [2.24, 2.45) is 4.99 Å². The van der Waals surface area contributed by atoms with E-state index >= 15 is 0 Å². The molecule has 0 atom stereocenters. The molecule has 0 bridgehead atoms. The van der Waals surface area contributed by atoms with Crippen LogP contribution in [-0.4, -0.2) is 36.5 Å². The second kappa shape index (κ2) is 9.43.